The number of benzene rings is 1. The van der Waals surface area contributed by atoms with Gasteiger partial charge < -0.3 is 16.4 Å². The number of carbonyl (C=O) groups is 1. The molecule has 1 aliphatic heterocycles. The van der Waals surface area contributed by atoms with E-state index in [9.17, 15) is 9.18 Å². The maximum absolute atomic E-state index is 14.3. The zero-order chi connectivity index (χ0) is 19.7. The van der Waals surface area contributed by atoms with E-state index in [4.69, 9.17) is 11.5 Å². The fourth-order valence-corrected chi connectivity index (χ4v) is 3.39. The average Bonchev–Trinajstić information content (AvgIpc) is 2.68. The molecular weight excluding hydrogens is 361 g/mol. The van der Waals surface area contributed by atoms with Crippen molar-refractivity contribution in [2.45, 2.75) is 6.54 Å². The van der Waals surface area contributed by atoms with Gasteiger partial charge in [0.15, 0.2) is 5.82 Å². The second kappa shape index (κ2) is 7.35. The van der Waals surface area contributed by atoms with Crippen LogP contribution in [0.1, 0.15) is 5.56 Å². The number of piperazine rings is 1. The maximum Gasteiger partial charge on any atom is 0.314 e. The number of pyridine rings is 1. The maximum atomic E-state index is 14.3. The van der Waals surface area contributed by atoms with Crippen molar-refractivity contribution in [2.75, 3.05) is 31.9 Å². The molecule has 4 N–H and O–H groups in total. The van der Waals surface area contributed by atoms with Gasteiger partial charge in [-0.2, -0.15) is 0 Å². The molecule has 0 spiro atoms. The van der Waals surface area contributed by atoms with Gasteiger partial charge in [-0.3, -0.25) is 4.90 Å². The van der Waals surface area contributed by atoms with E-state index < -0.39 is 6.03 Å². The molecule has 0 saturated carbocycles. The molecule has 2 aromatic heterocycles. The first-order valence-electron chi connectivity index (χ1n) is 8.93. The van der Waals surface area contributed by atoms with Gasteiger partial charge in [-0.15, -0.1) is 0 Å². The van der Waals surface area contributed by atoms with Crippen molar-refractivity contribution in [2.24, 2.45) is 5.73 Å². The van der Waals surface area contributed by atoms with Crippen LogP contribution in [0.25, 0.3) is 22.3 Å². The van der Waals surface area contributed by atoms with E-state index in [-0.39, 0.29) is 11.6 Å². The summed E-state index contributed by atoms with van der Waals surface area (Å²) in [4.78, 5) is 27.6. The lowest BCUT2D eigenvalue weighted by Crippen LogP contribution is -2.50. The highest BCUT2D eigenvalue weighted by Gasteiger charge is 2.19. The predicted molar refractivity (Wildman–Crippen MR) is 104 cm³/mol. The van der Waals surface area contributed by atoms with Crippen LogP contribution >= 0.6 is 0 Å². The number of carbonyl (C=O) groups excluding carboxylic acids is 1. The highest BCUT2D eigenvalue weighted by atomic mass is 19.1. The minimum atomic E-state index is -0.404. The monoisotopic (exact) mass is 381 g/mol. The second-order valence-corrected chi connectivity index (χ2v) is 6.77. The average molecular weight is 381 g/mol. The van der Waals surface area contributed by atoms with Crippen LogP contribution in [0.15, 0.2) is 36.7 Å². The van der Waals surface area contributed by atoms with Crippen molar-refractivity contribution >= 4 is 22.9 Å². The number of primary amides is 1. The summed E-state index contributed by atoms with van der Waals surface area (Å²) in [6.45, 7) is 3.11. The third kappa shape index (κ3) is 3.70. The van der Waals surface area contributed by atoms with Crippen molar-refractivity contribution in [1.29, 1.82) is 0 Å². The van der Waals surface area contributed by atoms with Crippen LogP contribution in [0.2, 0.25) is 0 Å². The van der Waals surface area contributed by atoms with Crippen LogP contribution in [0.5, 0.6) is 0 Å². The first-order valence-corrected chi connectivity index (χ1v) is 8.93. The Hall–Kier alpha value is -3.33. The van der Waals surface area contributed by atoms with Crippen LogP contribution in [-0.2, 0) is 6.54 Å². The summed E-state index contributed by atoms with van der Waals surface area (Å²) in [6, 6.07) is 8.06. The first kappa shape index (κ1) is 18.1. The number of nitrogens with zero attached hydrogens (tertiary/aromatic N) is 5. The molecule has 1 saturated heterocycles. The fraction of sp³-hybridized carbons (Fsp3) is 0.263. The summed E-state index contributed by atoms with van der Waals surface area (Å²) in [5.41, 5.74) is 14.4. The largest absolute Gasteiger partial charge is 0.382 e. The number of halogens is 1. The van der Waals surface area contributed by atoms with Crippen molar-refractivity contribution in [3.05, 3.63) is 48.0 Å². The number of nitrogen functional groups attached to an aromatic ring is 1. The quantitative estimate of drug-likeness (QED) is 0.712. The van der Waals surface area contributed by atoms with E-state index in [1.807, 2.05) is 6.07 Å². The van der Waals surface area contributed by atoms with E-state index in [0.29, 0.717) is 55.0 Å². The van der Waals surface area contributed by atoms with Crippen LogP contribution in [0.4, 0.5) is 15.0 Å². The lowest BCUT2D eigenvalue weighted by atomic mass is 10.1. The summed E-state index contributed by atoms with van der Waals surface area (Å²) in [5, 5.41) is 0. The molecule has 28 heavy (non-hydrogen) atoms. The van der Waals surface area contributed by atoms with Crippen LogP contribution in [0, 0.1) is 5.82 Å². The standard InChI is InChI=1S/C19H20FN7O/c20-14-8-12(10-26-3-5-27(6-4-26)19(22)28)7-13(9-14)15-1-2-16-17(25-15)18(21)24-11-23-16/h1-2,7-9,11H,3-6,10H2,(H2,22,28)(H2,21,23,24). The molecule has 9 heteroatoms. The van der Waals surface area contributed by atoms with Crippen molar-refractivity contribution in [3.63, 3.8) is 0 Å². The topological polar surface area (TPSA) is 114 Å². The predicted octanol–water partition coefficient (Wildman–Crippen LogP) is 1.61. The Labute approximate surface area is 161 Å². The lowest BCUT2D eigenvalue weighted by molar-refractivity contribution is 0.140. The second-order valence-electron chi connectivity index (χ2n) is 6.77. The van der Waals surface area contributed by atoms with Crippen LogP contribution < -0.4 is 11.5 Å². The van der Waals surface area contributed by atoms with Gasteiger partial charge in [0, 0.05) is 38.3 Å². The van der Waals surface area contributed by atoms with Gasteiger partial charge in [-0.25, -0.2) is 24.1 Å². The summed E-state index contributed by atoms with van der Waals surface area (Å²) in [6.07, 6.45) is 1.39. The van der Waals surface area contributed by atoms with Gasteiger partial charge >= 0.3 is 6.03 Å². The summed E-state index contributed by atoms with van der Waals surface area (Å²) >= 11 is 0. The van der Waals surface area contributed by atoms with E-state index in [2.05, 4.69) is 19.9 Å². The molecule has 0 aliphatic carbocycles. The number of rotatable bonds is 3. The van der Waals surface area contributed by atoms with E-state index in [1.165, 1.54) is 18.5 Å². The number of aromatic nitrogens is 3. The molecule has 0 unspecified atom stereocenters. The van der Waals surface area contributed by atoms with Gasteiger partial charge in [-0.1, -0.05) is 0 Å². The number of urea groups is 1. The third-order valence-electron chi connectivity index (χ3n) is 4.85. The lowest BCUT2D eigenvalue weighted by Gasteiger charge is -2.33. The Morgan fingerprint density at radius 2 is 1.89 bits per heavy atom. The Morgan fingerprint density at radius 1 is 1.11 bits per heavy atom. The Bertz CT molecular complexity index is 1030. The molecule has 3 aromatic rings. The van der Waals surface area contributed by atoms with Gasteiger partial charge in [0.25, 0.3) is 0 Å². The van der Waals surface area contributed by atoms with E-state index in [1.54, 1.807) is 17.0 Å². The minimum absolute atomic E-state index is 0.288. The van der Waals surface area contributed by atoms with E-state index in [0.717, 1.165) is 5.56 Å². The van der Waals surface area contributed by atoms with Crippen molar-refractivity contribution < 1.29 is 9.18 Å². The van der Waals surface area contributed by atoms with Crippen molar-refractivity contribution in [1.82, 2.24) is 24.8 Å². The molecule has 144 valence electrons. The number of nitrogens with two attached hydrogens (primary N) is 2. The highest BCUT2D eigenvalue weighted by molar-refractivity contribution is 5.85. The van der Waals surface area contributed by atoms with Gasteiger partial charge in [-0.05, 0) is 35.9 Å². The van der Waals surface area contributed by atoms with Crippen molar-refractivity contribution in [3.8, 4) is 11.3 Å². The first-order chi connectivity index (χ1) is 13.5. The van der Waals surface area contributed by atoms with E-state index >= 15 is 0 Å². The third-order valence-corrected chi connectivity index (χ3v) is 4.85. The Kier molecular flexibility index (Phi) is 4.74. The number of hydrogen-bond acceptors (Lipinski definition) is 6. The molecule has 0 bridgehead atoms. The van der Waals surface area contributed by atoms with Gasteiger partial charge in [0.1, 0.15) is 17.7 Å². The summed E-state index contributed by atoms with van der Waals surface area (Å²) in [5.74, 6) is -0.0433. The fourth-order valence-electron chi connectivity index (χ4n) is 3.39. The van der Waals surface area contributed by atoms with Gasteiger partial charge in [0.2, 0.25) is 0 Å². The summed E-state index contributed by atoms with van der Waals surface area (Å²) in [7, 11) is 0. The molecule has 1 fully saturated rings. The molecule has 1 aliphatic rings. The highest BCUT2D eigenvalue weighted by Crippen LogP contribution is 2.24. The molecule has 2 amide bonds. The number of amides is 2. The molecule has 3 heterocycles. The number of fused-ring (bicyclic) bond motifs is 1. The molecule has 0 atom stereocenters. The zero-order valence-electron chi connectivity index (χ0n) is 15.2. The normalized spacial score (nSPS) is 15.1. The Morgan fingerprint density at radius 3 is 2.64 bits per heavy atom. The molecule has 8 nitrogen and oxygen atoms in total. The Balaban J connectivity index is 1.58. The molecule has 0 radical (unpaired) electrons. The van der Waals surface area contributed by atoms with Gasteiger partial charge in [0.05, 0.1) is 11.2 Å². The summed E-state index contributed by atoms with van der Waals surface area (Å²) < 4.78 is 14.3. The zero-order valence-corrected chi connectivity index (χ0v) is 15.2. The SMILES string of the molecule is NC(=O)N1CCN(Cc2cc(F)cc(-c3ccc4ncnc(N)c4n3)c2)CC1. The van der Waals surface area contributed by atoms with Crippen LogP contribution in [0.3, 0.4) is 0 Å². The molecular formula is C19H20FN7O. The number of anilines is 1. The minimum Gasteiger partial charge on any atom is -0.382 e. The number of hydrogen-bond donors (Lipinski definition) is 2. The molecule has 4 rings (SSSR count). The smallest absolute Gasteiger partial charge is 0.314 e. The molecule has 1 aromatic carbocycles. The van der Waals surface area contributed by atoms with Crippen LogP contribution in [-0.4, -0.2) is 57.0 Å².